The van der Waals surface area contributed by atoms with E-state index >= 15 is 0 Å². The second-order valence-corrected chi connectivity index (χ2v) is 2.28. The summed E-state index contributed by atoms with van der Waals surface area (Å²) in [6, 6.07) is 1.67. The lowest BCUT2D eigenvalue weighted by molar-refractivity contribution is -0.114. The van der Waals surface area contributed by atoms with Crippen LogP contribution in [0.5, 0.6) is 0 Å². The number of nitrogens with one attached hydrogen (secondary N) is 2. The molecule has 0 spiro atoms. The summed E-state index contributed by atoms with van der Waals surface area (Å²) in [5.41, 5.74) is 0. The van der Waals surface area contributed by atoms with Crippen LogP contribution in [0.25, 0.3) is 0 Å². The van der Waals surface area contributed by atoms with Crippen LogP contribution in [0.15, 0.2) is 5.16 Å². The van der Waals surface area contributed by atoms with Crippen molar-refractivity contribution in [2.24, 2.45) is 5.16 Å². The molecule has 0 saturated heterocycles. The fourth-order valence-electron chi connectivity index (χ4n) is 0.583. The molecule has 16 heavy (non-hydrogen) atoms. The minimum Gasteiger partial charge on any atom is -0.450 e. The van der Waals surface area contributed by atoms with E-state index in [0.717, 1.165) is 6.21 Å². The molecule has 0 aromatic carbocycles. The molecule has 0 heterocycles. The maximum absolute atomic E-state index is 10.9. The van der Waals surface area contributed by atoms with Crippen molar-refractivity contribution in [1.29, 1.82) is 5.26 Å². The highest BCUT2D eigenvalue weighted by molar-refractivity contribution is 6.26. The third-order valence-electron chi connectivity index (χ3n) is 1.14. The smallest absolute Gasteiger partial charge is 0.408 e. The van der Waals surface area contributed by atoms with Crippen molar-refractivity contribution < 1.29 is 19.2 Å². The summed E-state index contributed by atoms with van der Waals surface area (Å²) < 4.78 is 4.54. The Balaban J connectivity index is 3.54. The second kappa shape index (κ2) is 9.26. The molecule has 0 fully saturated rings. The van der Waals surface area contributed by atoms with Gasteiger partial charge in [0.15, 0.2) is 0 Å². The van der Waals surface area contributed by atoms with Crippen molar-refractivity contribution in [1.82, 2.24) is 10.6 Å². The maximum Gasteiger partial charge on any atom is 0.408 e. The summed E-state index contributed by atoms with van der Waals surface area (Å²) in [5, 5.41) is 15.8. The van der Waals surface area contributed by atoms with Gasteiger partial charge in [-0.15, -0.1) is 0 Å². The molecular formula is C8H12N4O4. The van der Waals surface area contributed by atoms with E-state index in [0.29, 0.717) is 0 Å². The highest BCUT2D eigenvalue weighted by atomic mass is 16.6. The summed E-state index contributed by atoms with van der Waals surface area (Å²) in [5.74, 6) is -0.560. The monoisotopic (exact) mass is 228 g/mol. The van der Waals surface area contributed by atoms with Crippen molar-refractivity contribution in [3.05, 3.63) is 0 Å². The van der Waals surface area contributed by atoms with Gasteiger partial charge in [0.1, 0.15) is 12.3 Å². The van der Waals surface area contributed by atoms with Crippen LogP contribution in [-0.2, 0) is 14.4 Å². The van der Waals surface area contributed by atoms with Gasteiger partial charge in [0.2, 0.25) is 6.61 Å². The maximum atomic E-state index is 10.9. The summed E-state index contributed by atoms with van der Waals surface area (Å²) in [6.45, 7) is 1.60. The van der Waals surface area contributed by atoms with Crippen molar-refractivity contribution in [3.63, 3.8) is 0 Å². The van der Waals surface area contributed by atoms with Crippen molar-refractivity contribution in [2.75, 3.05) is 19.9 Å². The van der Waals surface area contributed by atoms with Gasteiger partial charge in [-0.3, -0.25) is 4.79 Å². The van der Waals surface area contributed by atoms with Gasteiger partial charge in [-0.1, -0.05) is 5.16 Å². The van der Waals surface area contributed by atoms with E-state index in [-0.39, 0.29) is 19.9 Å². The van der Waals surface area contributed by atoms with Crippen molar-refractivity contribution in [2.45, 2.75) is 6.92 Å². The lowest BCUT2D eigenvalue weighted by atomic mass is 10.6. The van der Waals surface area contributed by atoms with E-state index in [1.807, 2.05) is 0 Å². The van der Waals surface area contributed by atoms with Crippen molar-refractivity contribution in [3.8, 4) is 6.07 Å². The summed E-state index contributed by atoms with van der Waals surface area (Å²) in [4.78, 5) is 26.0. The molecule has 2 N–H and O–H groups in total. The Morgan fingerprint density at radius 1 is 1.50 bits per heavy atom. The lowest BCUT2D eigenvalue weighted by Gasteiger charge is -2.04. The molecule has 0 aromatic rings. The number of carbonyl (C=O) groups excluding carboxylic acids is 2. The van der Waals surface area contributed by atoms with E-state index in [1.165, 1.54) is 0 Å². The number of amides is 2. The first-order chi connectivity index (χ1) is 7.70. The minimum atomic E-state index is -0.625. The molecule has 0 atom stereocenters. The fourth-order valence-corrected chi connectivity index (χ4v) is 0.583. The molecule has 0 aliphatic carbocycles. The zero-order valence-electron chi connectivity index (χ0n) is 8.73. The zero-order valence-corrected chi connectivity index (χ0v) is 8.73. The largest absolute Gasteiger partial charge is 0.450 e. The van der Waals surface area contributed by atoms with E-state index in [9.17, 15) is 9.59 Å². The number of hydrogen-bond acceptors (Lipinski definition) is 6. The third-order valence-corrected chi connectivity index (χ3v) is 1.14. The predicted octanol–water partition coefficient (Wildman–Crippen LogP) is -0.668. The number of ether oxygens (including phenoxy) is 1. The number of alkyl carbamates (subject to hydrolysis) is 1. The van der Waals surface area contributed by atoms with Gasteiger partial charge >= 0.3 is 6.09 Å². The fraction of sp³-hybridized carbons (Fsp3) is 0.500. The van der Waals surface area contributed by atoms with Crippen LogP contribution < -0.4 is 10.6 Å². The van der Waals surface area contributed by atoms with Gasteiger partial charge in [0.25, 0.3) is 5.91 Å². The molecule has 0 aromatic heterocycles. The lowest BCUT2D eigenvalue weighted by Crippen LogP contribution is -2.38. The number of nitriles is 1. The number of carbonyl (C=O) groups is 2. The first-order valence-corrected chi connectivity index (χ1v) is 4.41. The molecule has 2 amide bonds. The van der Waals surface area contributed by atoms with Crippen LogP contribution in [0.4, 0.5) is 4.79 Å². The molecule has 0 rings (SSSR count). The quantitative estimate of drug-likeness (QED) is 0.271. The van der Waals surface area contributed by atoms with Gasteiger partial charge in [-0.25, -0.2) is 4.79 Å². The first kappa shape index (κ1) is 13.7. The van der Waals surface area contributed by atoms with Crippen molar-refractivity contribution >= 4 is 18.2 Å². The standard InChI is InChI=1S/C8H12N4O4/c1-2-15-8(14)11-6-10-7(13)5-12-16-4-3-9/h5H,2,4,6H2,1H3,(H,10,13)(H,11,14)/b12-5+. The molecular weight excluding hydrogens is 216 g/mol. The Morgan fingerprint density at radius 3 is 2.88 bits per heavy atom. The molecule has 0 radical (unpaired) electrons. The SMILES string of the molecule is CCOC(=O)NCNC(=O)/C=N/OCC#N. The summed E-state index contributed by atoms with van der Waals surface area (Å²) in [7, 11) is 0. The van der Waals surface area contributed by atoms with E-state index < -0.39 is 12.0 Å². The van der Waals surface area contributed by atoms with E-state index in [2.05, 4.69) is 25.4 Å². The zero-order chi connectivity index (χ0) is 12.2. The highest BCUT2D eigenvalue weighted by Crippen LogP contribution is 1.74. The number of nitrogens with zero attached hydrogens (tertiary/aromatic N) is 2. The van der Waals surface area contributed by atoms with Crippen LogP contribution in [-0.4, -0.2) is 38.1 Å². The third kappa shape index (κ3) is 8.31. The second-order valence-electron chi connectivity index (χ2n) is 2.28. The van der Waals surface area contributed by atoms with Crippen LogP contribution >= 0.6 is 0 Å². The minimum absolute atomic E-state index is 0.0814. The van der Waals surface area contributed by atoms with Gasteiger partial charge in [0, 0.05) is 0 Å². The molecule has 0 saturated carbocycles. The molecule has 8 heteroatoms. The Morgan fingerprint density at radius 2 is 2.25 bits per heavy atom. The number of hydrogen-bond donors (Lipinski definition) is 2. The molecule has 0 aliphatic heterocycles. The van der Waals surface area contributed by atoms with Crippen LogP contribution in [0.3, 0.4) is 0 Å². The van der Waals surface area contributed by atoms with Gasteiger partial charge < -0.3 is 20.2 Å². The van der Waals surface area contributed by atoms with Crippen LogP contribution in [0.1, 0.15) is 6.92 Å². The Hall–Kier alpha value is -2.30. The molecule has 88 valence electrons. The number of rotatable bonds is 6. The first-order valence-electron chi connectivity index (χ1n) is 4.41. The van der Waals surface area contributed by atoms with Gasteiger partial charge in [0.05, 0.1) is 13.3 Å². The average molecular weight is 228 g/mol. The normalized spacial score (nSPS) is 9.25. The van der Waals surface area contributed by atoms with E-state index in [1.54, 1.807) is 13.0 Å². The molecule has 0 bridgehead atoms. The Kier molecular flexibility index (Phi) is 7.93. The molecule has 0 unspecified atom stereocenters. The summed E-state index contributed by atoms with van der Waals surface area (Å²) >= 11 is 0. The van der Waals surface area contributed by atoms with Crippen LogP contribution in [0, 0.1) is 11.3 Å². The average Bonchev–Trinajstić information content (AvgIpc) is 2.25. The van der Waals surface area contributed by atoms with Crippen LogP contribution in [0.2, 0.25) is 0 Å². The summed E-state index contributed by atoms with van der Waals surface area (Å²) in [6.07, 6.45) is 0.227. The topological polar surface area (TPSA) is 113 Å². The van der Waals surface area contributed by atoms with Gasteiger partial charge in [-0.05, 0) is 6.92 Å². The highest BCUT2D eigenvalue weighted by Gasteiger charge is 2.00. The Labute approximate surface area is 92.2 Å². The predicted molar refractivity (Wildman–Crippen MR) is 53.2 cm³/mol. The number of oxime groups is 1. The molecule has 0 aliphatic rings. The Bertz CT molecular complexity index is 297. The van der Waals surface area contributed by atoms with E-state index in [4.69, 9.17) is 5.26 Å². The molecule has 8 nitrogen and oxygen atoms in total. The van der Waals surface area contributed by atoms with Gasteiger partial charge in [-0.2, -0.15) is 5.26 Å².